The summed E-state index contributed by atoms with van der Waals surface area (Å²) in [6.45, 7) is 3.08. The molecule has 9 nitrogen and oxygen atoms in total. The van der Waals surface area contributed by atoms with Crippen molar-refractivity contribution in [3.05, 3.63) is 58.0 Å². The molecule has 3 rings (SSSR count). The molecule has 0 aliphatic rings. The Hall–Kier alpha value is -2.96. The third kappa shape index (κ3) is 6.05. The van der Waals surface area contributed by atoms with E-state index in [9.17, 15) is 27.1 Å². The number of ether oxygens (including phenoxy) is 3. The van der Waals surface area contributed by atoms with Gasteiger partial charge in [-0.2, -0.15) is 0 Å². The molecule has 12 heteroatoms. The molecule has 0 saturated heterocycles. The van der Waals surface area contributed by atoms with Crippen LogP contribution in [0.1, 0.15) is 37.3 Å². The summed E-state index contributed by atoms with van der Waals surface area (Å²) < 4.78 is 69.9. The Kier molecular flexibility index (Phi) is 8.75. The zero-order chi connectivity index (χ0) is 26.6. The first kappa shape index (κ1) is 27.6. The number of aromatic nitrogens is 2. The molecule has 0 spiro atoms. The molecule has 0 amide bonds. The van der Waals surface area contributed by atoms with Crippen molar-refractivity contribution in [3.8, 4) is 11.5 Å². The number of sulfone groups is 1. The lowest BCUT2D eigenvalue weighted by Crippen LogP contribution is -2.32. The number of rotatable bonds is 12. The zero-order valence-electron chi connectivity index (χ0n) is 20.5. The average Bonchev–Trinajstić information content (AvgIpc) is 3.07. The number of aliphatic hydroxyl groups is 1. The van der Waals surface area contributed by atoms with Crippen LogP contribution >= 0.6 is 0 Å². The molecule has 0 saturated carbocycles. The van der Waals surface area contributed by atoms with E-state index in [1.165, 1.54) is 29.9 Å². The highest BCUT2D eigenvalue weighted by molar-refractivity contribution is 7.90. The van der Waals surface area contributed by atoms with Gasteiger partial charge in [-0.3, -0.25) is 9.13 Å². The van der Waals surface area contributed by atoms with E-state index in [4.69, 9.17) is 14.2 Å². The van der Waals surface area contributed by atoms with Gasteiger partial charge in [0, 0.05) is 18.4 Å². The summed E-state index contributed by atoms with van der Waals surface area (Å²) in [4.78, 5) is 13.5. The van der Waals surface area contributed by atoms with Crippen LogP contribution in [0.3, 0.4) is 0 Å². The minimum Gasteiger partial charge on any atom is -0.493 e. The molecule has 0 aliphatic heterocycles. The summed E-state index contributed by atoms with van der Waals surface area (Å²) >= 11 is 0. The van der Waals surface area contributed by atoms with Crippen molar-refractivity contribution in [2.75, 3.05) is 32.3 Å². The number of methoxy groups -OCH3 is 1. The molecule has 0 fully saturated rings. The van der Waals surface area contributed by atoms with Crippen LogP contribution in [-0.4, -0.2) is 61.4 Å². The van der Waals surface area contributed by atoms with Crippen LogP contribution in [-0.2, 0) is 21.1 Å². The second-order valence-electron chi connectivity index (χ2n) is 8.16. The van der Waals surface area contributed by atoms with Gasteiger partial charge in [0.25, 0.3) is 6.43 Å². The van der Waals surface area contributed by atoms with Gasteiger partial charge in [-0.1, -0.05) is 12.1 Å². The number of benzene rings is 2. The third-order valence-corrected chi connectivity index (χ3v) is 6.48. The second kappa shape index (κ2) is 11.4. The summed E-state index contributed by atoms with van der Waals surface area (Å²) in [5.41, 5.74) is 0.230. The molecule has 198 valence electrons. The SMILES string of the molecule is CCOc1cc([C@@H](CS(C)(=O)=O)n2c(=O)n(CC(F)F)c3cc(C(O)OCC)ccc32)ccc1OC. The van der Waals surface area contributed by atoms with E-state index in [0.717, 1.165) is 10.8 Å². The molecule has 2 atom stereocenters. The molecule has 3 aromatic rings. The maximum atomic E-state index is 13.5. The van der Waals surface area contributed by atoms with Crippen LogP contribution in [0.25, 0.3) is 11.0 Å². The fourth-order valence-electron chi connectivity index (χ4n) is 4.10. The van der Waals surface area contributed by atoms with Gasteiger partial charge in [0.2, 0.25) is 0 Å². The Morgan fingerprint density at radius 2 is 1.69 bits per heavy atom. The monoisotopic (exact) mass is 528 g/mol. The summed E-state index contributed by atoms with van der Waals surface area (Å²) in [5.74, 6) is 0.297. The predicted molar refractivity (Wildman–Crippen MR) is 131 cm³/mol. The highest BCUT2D eigenvalue weighted by atomic mass is 32.2. The smallest absolute Gasteiger partial charge is 0.329 e. The zero-order valence-corrected chi connectivity index (χ0v) is 21.3. The standard InChI is InChI=1S/C24H30F2N2O7S/c1-5-34-21-12-15(8-10-20(21)33-3)19(14-36(4,31)32)28-17-9-7-16(23(29)35-6-2)11-18(17)27(24(28)30)13-22(25)26/h7-12,19,22-23,29H,5-6,13-14H2,1-4H3/t19-,23?/m1/s1. The van der Waals surface area contributed by atoms with Crippen molar-refractivity contribution in [3.63, 3.8) is 0 Å². The van der Waals surface area contributed by atoms with Crippen LogP contribution in [0, 0.1) is 0 Å². The predicted octanol–water partition coefficient (Wildman–Crippen LogP) is 3.14. The lowest BCUT2D eigenvalue weighted by molar-refractivity contribution is -0.0979. The summed E-state index contributed by atoms with van der Waals surface area (Å²) in [5, 5.41) is 10.2. The molecule has 0 bridgehead atoms. The first-order chi connectivity index (χ1) is 17.0. The Morgan fingerprint density at radius 1 is 1.00 bits per heavy atom. The molecule has 1 aromatic heterocycles. The van der Waals surface area contributed by atoms with Crippen molar-refractivity contribution in [1.82, 2.24) is 9.13 Å². The fourth-order valence-corrected chi connectivity index (χ4v) is 5.01. The summed E-state index contributed by atoms with van der Waals surface area (Å²) in [6, 6.07) is 8.10. The van der Waals surface area contributed by atoms with Gasteiger partial charge in [-0.25, -0.2) is 22.0 Å². The number of fused-ring (bicyclic) bond motifs is 1. The average molecular weight is 529 g/mol. The minimum atomic E-state index is -3.64. The minimum absolute atomic E-state index is 0.119. The van der Waals surface area contributed by atoms with Crippen LogP contribution < -0.4 is 15.2 Å². The molecule has 2 aromatic carbocycles. The Morgan fingerprint density at radius 3 is 2.28 bits per heavy atom. The van der Waals surface area contributed by atoms with Crippen molar-refractivity contribution in [1.29, 1.82) is 0 Å². The highest BCUT2D eigenvalue weighted by Crippen LogP contribution is 2.33. The molecule has 1 N–H and O–H groups in total. The van der Waals surface area contributed by atoms with Gasteiger partial charge < -0.3 is 19.3 Å². The molecule has 36 heavy (non-hydrogen) atoms. The number of halogens is 2. The van der Waals surface area contributed by atoms with Gasteiger partial charge in [-0.05, 0) is 43.7 Å². The maximum absolute atomic E-state index is 13.5. The van der Waals surface area contributed by atoms with Crippen LogP contribution in [0.4, 0.5) is 8.78 Å². The van der Waals surface area contributed by atoms with Crippen molar-refractivity contribution >= 4 is 20.9 Å². The van der Waals surface area contributed by atoms with Gasteiger partial charge in [0.05, 0.1) is 43.1 Å². The number of nitrogens with zero attached hydrogens (tertiary/aromatic N) is 2. The Balaban J connectivity index is 2.31. The maximum Gasteiger partial charge on any atom is 0.329 e. The molecule has 1 heterocycles. The second-order valence-corrected chi connectivity index (χ2v) is 10.3. The highest BCUT2D eigenvalue weighted by Gasteiger charge is 2.28. The number of aliphatic hydroxyl groups excluding tert-OH is 1. The van der Waals surface area contributed by atoms with Gasteiger partial charge in [0.15, 0.2) is 17.8 Å². The third-order valence-electron chi connectivity index (χ3n) is 5.56. The largest absolute Gasteiger partial charge is 0.493 e. The number of hydrogen-bond acceptors (Lipinski definition) is 7. The van der Waals surface area contributed by atoms with E-state index in [1.807, 2.05) is 0 Å². The van der Waals surface area contributed by atoms with E-state index in [1.54, 1.807) is 32.0 Å². The van der Waals surface area contributed by atoms with E-state index in [0.29, 0.717) is 23.7 Å². The Labute approximate surface area is 207 Å². The molecule has 0 aliphatic carbocycles. The lowest BCUT2D eigenvalue weighted by Gasteiger charge is -2.20. The van der Waals surface area contributed by atoms with E-state index in [2.05, 4.69) is 0 Å². The quantitative estimate of drug-likeness (QED) is 0.360. The number of imidazole rings is 1. The van der Waals surface area contributed by atoms with E-state index < -0.39 is 46.6 Å². The molecular weight excluding hydrogens is 498 g/mol. The normalized spacial score (nSPS) is 13.8. The van der Waals surface area contributed by atoms with Crippen molar-refractivity contribution < 1.29 is 36.5 Å². The Bertz CT molecular complexity index is 1370. The number of alkyl halides is 2. The van der Waals surface area contributed by atoms with Crippen LogP contribution in [0.15, 0.2) is 41.2 Å². The topological polar surface area (TPSA) is 109 Å². The summed E-state index contributed by atoms with van der Waals surface area (Å²) in [6.07, 6.45) is -3.13. The summed E-state index contributed by atoms with van der Waals surface area (Å²) in [7, 11) is -2.18. The van der Waals surface area contributed by atoms with E-state index in [-0.39, 0.29) is 23.2 Å². The lowest BCUT2D eigenvalue weighted by atomic mass is 10.1. The van der Waals surface area contributed by atoms with Gasteiger partial charge in [-0.15, -0.1) is 0 Å². The first-order valence-corrected chi connectivity index (χ1v) is 13.4. The van der Waals surface area contributed by atoms with Crippen molar-refractivity contribution in [2.45, 2.75) is 39.1 Å². The molecule has 1 unspecified atom stereocenters. The van der Waals surface area contributed by atoms with E-state index >= 15 is 0 Å². The number of hydrogen-bond donors (Lipinski definition) is 1. The molecular formula is C24H30F2N2O7S. The van der Waals surface area contributed by atoms with Crippen LogP contribution in [0.5, 0.6) is 11.5 Å². The van der Waals surface area contributed by atoms with Crippen molar-refractivity contribution in [2.24, 2.45) is 0 Å². The first-order valence-electron chi connectivity index (χ1n) is 11.3. The molecule has 0 radical (unpaired) electrons. The fraction of sp³-hybridized carbons (Fsp3) is 0.458. The van der Waals surface area contributed by atoms with Gasteiger partial charge >= 0.3 is 5.69 Å². The van der Waals surface area contributed by atoms with Gasteiger partial charge in [0.1, 0.15) is 9.84 Å². The van der Waals surface area contributed by atoms with Crippen LogP contribution in [0.2, 0.25) is 0 Å².